The second-order valence-corrected chi connectivity index (χ2v) is 6.02. The number of methoxy groups -OCH3 is 1. The van der Waals surface area contributed by atoms with Crippen LogP contribution >= 0.6 is 0 Å². The highest BCUT2D eigenvalue weighted by Gasteiger charge is 2.13. The Morgan fingerprint density at radius 2 is 1.91 bits per heavy atom. The normalized spacial score (nSPS) is 15.5. The number of anilines is 1. The number of hydrogen-bond acceptors (Lipinski definition) is 3. The standard InChI is InChI=1S/C19H24N2O/c1-22-19-10-6-5-9-17(19)18-12-11-16(14-21-18)20-13-15-7-3-2-4-8-15/h5-6,9-12,14-15,20H,2-4,7-8,13H2,1H3. The highest BCUT2D eigenvalue weighted by molar-refractivity contribution is 5.68. The van der Waals surface area contributed by atoms with Crippen molar-refractivity contribution < 1.29 is 4.74 Å². The first kappa shape index (κ1) is 14.9. The molecular formula is C19H24N2O. The zero-order valence-electron chi connectivity index (χ0n) is 13.2. The van der Waals surface area contributed by atoms with Gasteiger partial charge in [0.05, 0.1) is 24.7 Å². The minimum atomic E-state index is 0.822. The van der Waals surface area contributed by atoms with Crippen LogP contribution in [0.2, 0.25) is 0 Å². The Morgan fingerprint density at radius 1 is 1.09 bits per heavy atom. The van der Waals surface area contributed by atoms with Crippen molar-refractivity contribution in [3.05, 3.63) is 42.6 Å². The number of hydrogen-bond donors (Lipinski definition) is 1. The summed E-state index contributed by atoms with van der Waals surface area (Å²) in [5, 5.41) is 3.53. The minimum absolute atomic E-state index is 0.822. The number of ether oxygens (including phenoxy) is 1. The third kappa shape index (κ3) is 3.59. The van der Waals surface area contributed by atoms with Crippen LogP contribution in [0.25, 0.3) is 11.3 Å². The fourth-order valence-electron chi connectivity index (χ4n) is 3.17. The lowest BCUT2D eigenvalue weighted by Crippen LogP contribution is -2.17. The second-order valence-electron chi connectivity index (χ2n) is 6.02. The van der Waals surface area contributed by atoms with Crippen molar-refractivity contribution in [3.8, 4) is 17.0 Å². The van der Waals surface area contributed by atoms with Gasteiger partial charge in [-0.1, -0.05) is 31.4 Å². The van der Waals surface area contributed by atoms with Crippen LogP contribution in [0.5, 0.6) is 5.75 Å². The number of aromatic nitrogens is 1. The Labute approximate surface area is 132 Å². The molecule has 1 aromatic carbocycles. The quantitative estimate of drug-likeness (QED) is 0.864. The van der Waals surface area contributed by atoms with Gasteiger partial charge in [0, 0.05) is 12.1 Å². The maximum Gasteiger partial charge on any atom is 0.128 e. The molecule has 0 spiro atoms. The average Bonchev–Trinajstić information content (AvgIpc) is 2.61. The summed E-state index contributed by atoms with van der Waals surface area (Å²) in [6, 6.07) is 12.2. The first-order valence-corrected chi connectivity index (χ1v) is 8.20. The Hall–Kier alpha value is -2.03. The maximum atomic E-state index is 5.40. The minimum Gasteiger partial charge on any atom is -0.496 e. The fourth-order valence-corrected chi connectivity index (χ4v) is 3.17. The van der Waals surface area contributed by atoms with E-state index in [0.29, 0.717) is 0 Å². The predicted octanol–water partition coefficient (Wildman–Crippen LogP) is 4.75. The van der Waals surface area contributed by atoms with Crippen molar-refractivity contribution in [3.63, 3.8) is 0 Å². The van der Waals surface area contributed by atoms with E-state index in [-0.39, 0.29) is 0 Å². The van der Waals surface area contributed by atoms with E-state index in [1.165, 1.54) is 32.1 Å². The van der Waals surface area contributed by atoms with Crippen molar-refractivity contribution in [2.45, 2.75) is 32.1 Å². The van der Waals surface area contributed by atoms with Gasteiger partial charge in [0.15, 0.2) is 0 Å². The van der Waals surface area contributed by atoms with Gasteiger partial charge in [0.25, 0.3) is 0 Å². The van der Waals surface area contributed by atoms with Crippen LogP contribution in [0.4, 0.5) is 5.69 Å². The van der Waals surface area contributed by atoms with Gasteiger partial charge < -0.3 is 10.1 Å². The Bertz CT molecular complexity index is 589. The molecule has 3 rings (SSSR count). The summed E-state index contributed by atoms with van der Waals surface area (Å²) in [7, 11) is 1.69. The van der Waals surface area contributed by atoms with Gasteiger partial charge in [0.2, 0.25) is 0 Å². The summed E-state index contributed by atoms with van der Waals surface area (Å²) < 4.78 is 5.40. The van der Waals surface area contributed by atoms with E-state index in [2.05, 4.69) is 22.4 Å². The number of nitrogens with one attached hydrogen (secondary N) is 1. The van der Waals surface area contributed by atoms with Crippen molar-refractivity contribution in [2.24, 2.45) is 5.92 Å². The smallest absolute Gasteiger partial charge is 0.128 e. The molecule has 2 aromatic rings. The van der Waals surface area contributed by atoms with Crippen LogP contribution < -0.4 is 10.1 Å². The van der Waals surface area contributed by atoms with E-state index in [1.54, 1.807) is 7.11 Å². The van der Waals surface area contributed by atoms with Gasteiger partial charge in [-0.05, 0) is 43.0 Å². The third-order valence-corrected chi connectivity index (χ3v) is 4.47. The Morgan fingerprint density at radius 3 is 2.64 bits per heavy atom. The molecule has 1 saturated carbocycles. The monoisotopic (exact) mass is 296 g/mol. The van der Waals surface area contributed by atoms with Crippen LogP contribution in [-0.4, -0.2) is 18.6 Å². The molecule has 1 aromatic heterocycles. The van der Waals surface area contributed by atoms with Crippen molar-refractivity contribution in [2.75, 3.05) is 19.0 Å². The molecule has 0 radical (unpaired) electrons. The lowest BCUT2D eigenvalue weighted by Gasteiger charge is -2.22. The SMILES string of the molecule is COc1ccccc1-c1ccc(NCC2CCCCC2)cn1. The summed E-state index contributed by atoms with van der Waals surface area (Å²) in [5.74, 6) is 1.68. The third-order valence-electron chi connectivity index (χ3n) is 4.47. The summed E-state index contributed by atoms with van der Waals surface area (Å²) in [6.07, 6.45) is 8.82. The molecule has 0 amide bonds. The molecule has 0 unspecified atom stereocenters. The predicted molar refractivity (Wildman–Crippen MR) is 91.3 cm³/mol. The molecule has 0 bridgehead atoms. The molecule has 1 aliphatic rings. The zero-order valence-corrected chi connectivity index (χ0v) is 13.2. The van der Waals surface area contributed by atoms with Gasteiger partial charge in [0.1, 0.15) is 5.75 Å². The van der Waals surface area contributed by atoms with E-state index >= 15 is 0 Å². The Balaban J connectivity index is 1.64. The molecule has 3 heteroatoms. The molecule has 1 aliphatic carbocycles. The fraction of sp³-hybridized carbons (Fsp3) is 0.421. The molecule has 1 N–H and O–H groups in total. The van der Waals surface area contributed by atoms with Crippen molar-refractivity contribution >= 4 is 5.69 Å². The van der Waals surface area contributed by atoms with Gasteiger partial charge in [-0.2, -0.15) is 0 Å². The lowest BCUT2D eigenvalue weighted by molar-refractivity contribution is 0.373. The topological polar surface area (TPSA) is 34.1 Å². The lowest BCUT2D eigenvalue weighted by atomic mass is 9.89. The molecular weight excluding hydrogens is 272 g/mol. The van der Waals surface area contributed by atoms with E-state index in [1.807, 2.05) is 30.5 Å². The van der Waals surface area contributed by atoms with Crippen LogP contribution in [0.15, 0.2) is 42.6 Å². The van der Waals surface area contributed by atoms with Gasteiger partial charge in [-0.15, -0.1) is 0 Å². The van der Waals surface area contributed by atoms with Crippen LogP contribution in [0, 0.1) is 5.92 Å². The number of benzene rings is 1. The maximum absolute atomic E-state index is 5.40. The molecule has 0 atom stereocenters. The van der Waals surface area contributed by atoms with Crippen molar-refractivity contribution in [1.82, 2.24) is 4.98 Å². The van der Waals surface area contributed by atoms with Gasteiger partial charge in [-0.3, -0.25) is 4.98 Å². The molecule has 116 valence electrons. The van der Waals surface area contributed by atoms with Gasteiger partial charge in [-0.25, -0.2) is 0 Å². The Kier molecular flexibility index (Phi) is 4.94. The highest BCUT2D eigenvalue weighted by Crippen LogP contribution is 2.29. The van der Waals surface area contributed by atoms with E-state index in [4.69, 9.17) is 4.74 Å². The van der Waals surface area contributed by atoms with E-state index in [0.717, 1.165) is 35.2 Å². The van der Waals surface area contributed by atoms with Gasteiger partial charge >= 0.3 is 0 Å². The number of para-hydroxylation sites is 1. The summed E-state index contributed by atoms with van der Waals surface area (Å²) >= 11 is 0. The molecule has 1 heterocycles. The molecule has 3 nitrogen and oxygen atoms in total. The number of rotatable bonds is 5. The molecule has 22 heavy (non-hydrogen) atoms. The first-order chi connectivity index (χ1) is 10.9. The average molecular weight is 296 g/mol. The summed E-state index contributed by atoms with van der Waals surface area (Å²) in [4.78, 5) is 4.58. The molecule has 1 fully saturated rings. The summed E-state index contributed by atoms with van der Waals surface area (Å²) in [5.41, 5.74) is 3.08. The second kappa shape index (κ2) is 7.30. The first-order valence-electron chi connectivity index (χ1n) is 8.20. The van der Waals surface area contributed by atoms with E-state index in [9.17, 15) is 0 Å². The number of nitrogens with zero attached hydrogens (tertiary/aromatic N) is 1. The zero-order chi connectivity index (χ0) is 15.2. The van der Waals surface area contributed by atoms with Crippen LogP contribution in [-0.2, 0) is 0 Å². The number of pyridine rings is 1. The van der Waals surface area contributed by atoms with Crippen LogP contribution in [0.1, 0.15) is 32.1 Å². The van der Waals surface area contributed by atoms with Crippen molar-refractivity contribution in [1.29, 1.82) is 0 Å². The molecule has 0 saturated heterocycles. The largest absolute Gasteiger partial charge is 0.496 e. The highest BCUT2D eigenvalue weighted by atomic mass is 16.5. The van der Waals surface area contributed by atoms with E-state index < -0.39 is 0 Å². The molecule has 0 aliphatic heterocycles. The van der Waals surface area contributed by atoms with Crippen LogP contribution in [0.3, 0.4) is 0 Å². The summed E-state index contributed by atoms with van der Waals surface area (Å²) in [6.45, 7) is 1.07.